The summed E-state index contributed by atoms with van der Waals surface area (Å²) in [4.78, 5) is 4.09. The van der Waals surface area contributed by atoms with E-state index < -0.39 is 0 Å². The first kappa shape index (κ1) is 4.82. The maximum Gasteiger partial charge on any atom is 0.0416 e. The van der Waals surface area contributed by atoms with Gasteiger partial charge in [-0.3, -0.25) is 4.99 Å². The third-order valence-corrected chi connectivity index (χ3v) is 1.11. The number of aliphatic imine (C=N–C) groups is 1. The van der Waals surface area contributed by atoms with Crippen LogP contribution in [0.5, 0.6) is 0 Å². The molecule has 1 aliphatic heterocycles. The van der Waals surface area contributed by atoms with Crippen LogP contribution in [-0.4, -0.2) is 12.8 Å². The zero-order valence-electron chi connectivity index (χ0n) is 4.43. The molecule has 1 heterocycles. The monoisotopic (exact) mass is 96.1 g/mol. The highest BCUT2D eigenvalue weighted by atomic mass is 14.7. The van der Waals surface area contributed by atoms with Crippen molar-refractivity contribution in [3.8, 4) is 0 Å². The first-order valence-corrected chi connectivity index (χ1v) is 2.80. The Hall–Kier alpha value is -0.330. The molecule has 0 aromatic rings. The number of rotatable bonds is 0. The van der Waals surface area contributed by atoms with Crippen LogP contribution in [0, 0.1) is 6.42 Å². The SMILES string of the molecule is [CH]1CCCC=NC1. The van der Waals surface area contributed by atoms with E-state index >= 15 is 0 Å². The lowest BCUT2D eigenvalue weighted by atomic mass is 10.2. The molecule has 0 unspecified atom stereocenters. The average molecular weight is 96.2 g/mol. The Bertz CT molecular complexity index is 58.6. The van der Waals surface area contributed by atoms with E-state index in [-0.39, 0.29) is 0 Å². The summed E-state index contributed by atoms with van der Waals surface area (Å²) in [7, 11) is 0. The molecule has 0 fully saturated rings. The van der Waals surface area contributed by atoms with Crippen LogP contribution in [0.25, 0.3) is 0 Å². The van der Waals surface area contributed by atoms with Crippen molar-refractivity contribution in [2.24, 2.45) is 4.99 Å². The van der Waals surface area contributed by atoms with Gasteiger partial charge in [-0.1, -0.05) is 0 Å². The predicted octanol–water partition coefficient (Wildman–Crippen LogP) is 1.45. The fourth-order valence-corrected chi connectivity index (χ4v) is 0.685. The first-order chi connectivity index (χ1) is 3.50. The number of nitrogens with zero attached hydrogens (tertiary/aromatic N) is 1. The van der Waals surface area contributed by atoms with Gasteiger partial charge in [-0.15, -0.1) is 0 Å². The normalized spacial score (nSPS) is 21.7. The van der Waals surface area contributed by atoms with Gasteiger partial charge in [0.2, 0.25) is 0 Å². The van der Waals surface area contributed by atoms with E-state index in [0.717, 1.165) is 6.54 Å². The molecule has 0 bridgehead atoms. The molecule has 0 spiro atoms. The van der Waals surface area contributed by atoms with Crippen molar-refractivity contribution in [3.63, 3.8) is 0 Å². The summed E-state index contributed by atoms with van der Waals surface area (Å²) < 4.78 is 0. The van der Waals surface area contributed by atoms with Crippen molar-refractivity contribution in [2.45, 2.75) is 19.3 Å². The van der Waals surface area contributed by atoms with Gasteiger partial charge >= 0.3 is 0 Å². The van der Waals surface area contributed by atoms with Crippen LogP contribution in [0.2, 0.25) is 0 Å². The van der Waals surface area contributed by atoms with E-state index in [9.17, 15) is 0 Å². The van der Waals surface area contributed by atoms with Gasteiger partial charge in [-0.05, 0) is 31.9 Å². The second-order valence-electron chi connectivity index (χ2n) is 1.77. The van der Waals surface area contributed by atoms with Crippen LogP contribution in [0.3, 0.4) is 0 Å². The Kier molecular flexibility index (Phi) is 1.91. The minimum atomic E-state index is 0.944. The Morgan fingerprint density at radius 2 is 2.29 bits per heavy atom. The third kappa shape index (κ3) is 1.72. The highest BCUT2D eigenvalue weighted by molar-refractivity contribution is 5.57. The van der Waals surface area contributed by atoms with E-state index in [1.165, 1.54) is 19.3 Å². The van der Waals surface area contributed by atoms with Gasteiger partial charge in [0.05, 0.1) is 0 Å². The van der Waals surface area contributed by atoms with Crippen molar-refractivity contribution in [3.05, 3.63) is 6.42 Å². The minimum Gasteiger partial charge on any atom is -0.297 e. The Balaban J connectivity index is 2.20. The van der Waals surface area contributed by atoms with Crippen LogP contribution in [-0.2, 0) is 0 Å². The maximum absolute atomic E-state index is 4.09. The molecule has 0 aromatic heterocycles. The van der Waals surface area contributed by atoms with Crippen molar-refractivity contribution in [1.29, 1.82) is 0 Å². The molecule has 0 saturated heterocycles. The highest BCUT2D eigenvalue weighted by Gasteiger charge is 1.89. The summed E-state index contributed by atoms with van der Waals surface area (Å²) in [5.41, 5.74) is 0. The second-order valence-corrected chi connectivity index (χ2v) is 1.77. The molecule has 0 atom stereocenters. The van der Waals surface area contributed by atoms with Crippen molar-refractivity contribution < 1.29 is 0 Å². The lowest BCUT2D eigenvalue weighted by Crippen LogP contribution is -1.75. The maximum atomic E-state index is 4.09. The molecule has 0 N–H and O–H groups in total. The summed E-state index contributed by atoms with van der Waals surface area (Å²) in [5, 5.41) is 0. The quantitative estimate of drug-likeness (QED) is 0.432. The van der Waals surface area contributed by atoms with E-state index in [1.807, 2.05) is 6.21 Å². The van der Waals surface area contributed by atoms with E-state index in [1.54, 1.807) is 0 Å². The third-order valence-electron chi connectivity index (χ3n) is 1.11. The van der Waals surface area contributed by atoms with Gasteiger partial charge in [-0.25, -0.2) is 0 Å². The molecule has 0 amide bonds. The van der Waals surface area contributed by atoms with Gasteiger partial charge in [-0.2, -0.15) is 0 Å². The molecule has 1 heteroatoms. The zero-order valence-corrected chi connectivity index (χ0v) is 4.43. The van der Waals surface area contributed by atoms with Crippen molar-refractivity contribution >= 4 is 6.21 Å². The number of hydrogen-bond acceptors (Lipinski definition) is 1. The van der Waals surface area contributed by atoms with Gasteiger partial charge in [0.1, 0.15) is 0 Å². The van der Waals surface area contributed by atoms with E-state index in [4.69, 9.17) is 0 Å². The second kappa shape index (κ2) is 2.78. The first-order valence-electron chi connectivity index (χ1n) is 2.80. The Morgan fingerprint density at radius 3 is 3.29 bits per heavy atom. The van der Waals surface area contributed by atoms with Crippen LogP contribution < -0.4 is 0 Å². The molecule has 39 valence electrons. The van der Waals surface area contributed by atoms with Crippen molar-refractivity contribution in [2.75, 3.05) is 6.54 Å². The van der Waals surface area contributed by atoms with E-state index in [0.29, 0.717) is 0 Å². The van der Waals surface area contributed by atoms with Crippen LogP contribution in [0.4, 0.5) is 0 Å². The van der Waals surface area contributed by atoms with Crippen LogP contribution >= 0.6 is 0 Å². The lowest BCUT2D eigenvalue weighted by molar-refractivity contribution is 0.859. The predicted molar refractivity (Wildman–Crippen MR) is 31.5 cm³/mol. The Morgan fingerprint density at radius 1 is 1.29 bits per heavy atom. The lowest BCUT2D eigenvalue weighted by Gasteiger charge is -1.84. The van der Waals surface area contributed by atoms with Gasteiger partial charge in [0.25, 0.3) is 0 Å². The topological polar surface area (TPSA) is 12.4 Å². The Labute approximate surface area is 44.5 Å². The van der Waals surface area contributed by atoms with Gasteiger partial charge in [0, 0.05) is 6.54 Å². The molecule has 0 aromatic carbocycles. The molecule has 1 nitrogen and oxygen atoms in total. The fraction of sp³-hybridized carbons (Fsp3) is 0.667. The smallest absolute Gasteiger partial charge is 0.0416 e. The summed E-state index contributed by atoms with van der Waals surface area (Å²) in [6, 6.07) is 0. The summed E-state index contributed by atoms with van der Waals surface area (Å²) in [6.07, 6.45) is 7.97. The summed E-state index contributed by atoms with van der Waals surface area (Å²) in [5.74, 6) is 0. The zero-order chi connectivity index (χ0) is 4.95. The molecule has 0 saturated carbocycles. The highest BCUT2D eigenvalue weighted by Crippen LogP contribution is 2.00. The molecule has 7 heavy (non-hydrogen) atoms. The molecule has 1 rings (SSSR count). The van der Waals surface area contributed by atoms with Crippen LogP contribution in [0.1, 0.15) is 19.3 Å². The molecule has 0 aliphatic carbocycles. The minimum absolute atomic E-state index is 0.944. The van der Waals surface area contributed by atoms with Crippen LogP contribution in [0.15, 0.2) is 4.99 Å². The molecular weight excluding hydrogens is 86.1 g/mol. The van der Waals surface area contributed by atoms with Gasteiger partial charge in [0.15, 0.2) is 0 Å². The summed E-state index contributed by atoms with van der Waals surface area (Å²) in [6.45, 7) is 0.944. The van der Waals surface area contributed by atoms with E-state index in [2.05, 4.69) is 11.4 Å². The largest absolute Gasteiger partial charge is 0.297 e. The molecule has 1 aliphatic rings. The van der Waals surface area contributed by atoms with Gasteiger partial charge < -0.3 is 0 Å². The van der Waals surface area contributed by atoms with Crippen molar-refractivity contribution in [1.82, 2.24) is 0 Å². The molecular formula is C6H10N. The standard InChI is InChI=1S/C6H10N/c1-2-4-6-7-5-3-1/h3,6H,1-2,4-5H2. The average Bonchev–Trinajstić information content (AvgIpc) is 1.90. The fourth-order valence-electron chi connectivity index (χ4n) is 0.685. The number of hydrogen-bond donors (Lipinski definition) is 0. The summed E-state index contributed by atoms with van der Waals surface area (Å²) >= 11 is 0. The molecule has 1 radical (unpaired) electrons.